The third-order valence-corrected chi connectivity index (χ3v) is 7.37. The molecule has 4 heterocycles. The average Bonchev–Trinajstić information content (AvgIpc) is 3.21. The molecule has 0 aliphatic carbocycles. The lowest BCUT2D eigenvalue weighted by molar-refractivity contribution is -0.127. The number of rotatable bonds is 3. The number of nitrogens with zero attached hydrogens (tertiary/aromatic N) is 2. The van der Waals surface area contributed by atoms with Crippen LogP contribution in [0.15, 0.2) is 0 Å². The fourth-order valence-corrected chi connectivity index (χ4v) is 6.18. The van der Waals surface area contributed by atoms with Crippen LogP contribution in [0.5, 0.6) is 0 Å². The number of amides is 1. The van der Waals surface area contributed by atoms with Gasteiger partial charge in [0.1, 0.15) is 6.17 Å². The Morgan fingerprint density at radius 3 is 2.81 bits per heavy atom. The molecule has 0 radical (unpaired) electrons. The molecular formula is C16H31FN8OS. The second-order valence-electron chi connectivity index (χ2n) is 8.26. The first-order valence-electron chi connectivity index (χ1n) is 9.71. The Balaban J connectivity index is 1.44. The minimum absolute atomic E-state index is 0.0363. The maximum absolute atomic E-state index is 13.6. The van der Waals surface area contributed by atoms with Gasteiger partial charge in [-0.1, -0.05) is 11.9 Å². The summed E-state index contributed by atoms with van der Waals surface area (Å²) in [6.07, 6.45) is -0.729. The lowest BCUT2D eigenvalue weighted by Crippen LogP contribution is -2.59. The molecule has 1 amide bonds. The van der Waals surface area contributed by atoms with Crippen molar-refractivity contribution in [2.45, 2.75) is 62.3 Å². The molecule has 4 aliphatic heterocycles. The van der Waals surface area contributed by atoms with E-state index in [2.05, 4.69) is 52.1 Å². The van der Waals surface area contributed by atoms with Gasteiger partial charge in [-0.2, -0.15) is 0 Å². The van der Waals surface area contributed by atoms with Crippen molar-refractivity contribution >= 4 is 17.9 Å². The SMILES string of the molecule is CC1CC(C2C(C)NSC2NC(=O)C2C(N)NN3CC(F)CNC23)N(C)N1. The number of carbonyl (C=O) groups excluding carboxylic acids is 1. The van der Waals surface area contributed by atoms with E-state index in [1.54, 1.807) is 17.0 Å². The van der Waals surface area contributed by atoms with Gasteiger partial charge in [0.2, 0.25) is 5.91 Å². The van der Waals surface area contributed by atoms with Crippen LogP contribution in [0.25, 0.3) is 0 Å². The van der Waals surface area contributed by atoms with Crippen molar-refractivity contribution in [1.29, 1.82) is 0 Å². The maximum Gasteiger partial charge on any atom is 0.230 e. The van der Waals surface area contributed by atoms with E-state index < -0.39 is 18.3 Å². The van der Waals surface area contributed by atoms with Crippen molar-refractivity contribution in [3.8, 4) is 0 Å². The Morgan fingerprint density at radius 2 is 2.11 bits per heavy atom. The zero-order valence-electron chi connectivity index (χ0n) is 16.0. The van der Waals surface area contributed by atoms with E-state index in [1.807, 2.05) is 0 Å². The number of nitrogens with two attached hydrogens (primary N) is 1. The second kappa shape index (κ2) is 7.71. The van der Waals surface area contributed by atoms with E-state index in [4.69, 9.17) is 5.73 Å². The highest BCUT2D eigenvalue weighted by molar-refractivity contribution is 7.98. The predicted molar refractivity (Wildman–Crippen MR) is 102 cm³/mol. The van der Waals surface area contributed by atoms with Crippen molar-refractivity contribution in [3.05, 3.63) is 0 Å². The van der Waals surface area contributed by atoms with E-state index in [9.17, 15) is 9.18 Å². The fraction of sp³-hybridized carbons (Fsp3) is 0.938. The van der Waals surface area contributed by atoms with Crippen LogP contribution < -0.4 is 31.9 Å². The molecule has 0 aromatic rings. The molecule has 9 nitrogen and oxygen atoms in total. The van der Waals surface area contributed by atoms with Gasteiger partial charge in [-0.15, -0.1) is 0 Å². The molecule has 9 atom stereocenters. The number of fused-ring (bicyclic) bond motifs is 1. The summed E-state index contributed by atoms with van der Waals surface area (Å²) in [5.41, 5.74) is 12.6. The molecule has 0 saturated carbocycles. The Hall–Kier alpha value is -0.530. The summed E-state index contributed by atoms with van der Waals surface area (Å²) in [5.74, 6) is -0.280. The van der Waals surface area contributed by atoms with Crippen LogP contribution in [-0.4, -0.2) is 78.1 Å². The number of hydrogen-bond acceptors (Lipinski definition) is 9. The zero-order chi connectivity index (χ0) is 19.3. The van der Waals surface area contributed by atoms with Gasteiger partial charge < -0.3 is 11.1 Å². The number of hydrazine groups is 2. The molecule has 154 valence electrons. The summed E-state index contributed by atoms with van der Waals surface area (Å²) in [4.78, 5) is 13.1. The number of halogens is 1. The van der Waals surface area contributed by atoms with Crippen LogP contribution in [-0.2, 0) is 4.79 Å². The van der Waals surface area contributed by atoms with Gasteiger partial charge in [0.05, 0.1) is 23.6 Å². The smallest absolute Gasteiger partial charge is 0.230 e. The summed E-state index contributed by atoms with van der Waals surface area (Å²) in [7, 11) is 2.07. The number of alkyl halides is 1. The number of carbonyl (C=O) groups is 1. The Labute approximate surface area is 163 Å². The minimum Gasteiger partial charge on any atom is -0.342 e. The molecule has 0 aromatic heterocycles. The predicted octanol–water partition coefficient (Wildman–Crippen LogP) is -1.73. The molecule has 0 aromatic carbocycles. The average molecular weight is 403 g/mol. The molecule has 0 bridgehead atoms. The van der Waals surface area contributed by atoms with E-state index in [1.165, 1.54) is 0 Å². The Kier molecular flexibility index (Phi) is 5.65. The molecular weight excluding hydrogens is 371 g/mol. The van der Waals surface area contributed by atoms with Crippen LogP contribution in [0, 0.1) is 11.8 Å². The first kappa shape index (κ1) is 19.8. The lowest BCUT2D eigenvalue weighted by atomic mass is 9.89. The molecule has 4 rings (SSSR count). The van der Waals surface area contributed by atoms with Gasteiger partial charge in [-0.25, -0.2) is 19.8 Å². The second-order valence-corrected chi connectivity index (χ2v) is 9.24. The summed E-state index contributed by atoms with van der Waals surface area (Å²) in [6.45, 7) is 4.82. The fourth-order valence-electron chi connectivity index (χ4n) is 4.91. The minimum atomic E-state index is -0.963. The highest BCUT2D eigenvalue weighted by Gasteiger charge is 2.50. The Bertz CT molecular complexity index is 573. The van der Waals surface area contributed by atoms with Gasteiger partial charge in [0.15, 0.2) is 0 Å². The molecule has 4 aliphatic rings. The van der Waals surface area contributed by atoms with Crippen LogP contribution in [0.4, 0.5) is 4.39 Å². The Morgan fingerprint density at radius 1 is 1.33 bits per heavy atom. The molecule has 0 spiro atoms. The summed E-state index contributed by atoms with van der Waals surface area (Å²) < 4.78 is 17.1. The molecule has 4 fully saturated rings. The van der Waals surface area contributed by atoms with E-state index >= 15 is 0 Å². The summed E-state index contributed by atoms with van der Waals surface area (Å²) in [6, 6.07) is 1.05. The van der Waals surface area contributed by atoms with Gasteiger partial charge in [-0.05, 0) is 20.3 Å². The van der Waals surface area contributed by atoms with Crippen molar-refractivity contribution in [1.82, 2.24) is 36.2 Å². The monoisotopic (exact) mass is 402 g/mol. The van der Waals surface area contributed by atoms with Gasteiger partial charge >= 0.3 is 0 Å². The zero-order valence-corrected chi connectivity index (χ0v) is 16.8. The normalized spacial score (nSPS) is 48.7. The van der Waals surface area contributed by atoms with Gasteiger partial charge in [0.25, 0.3) is 0 Å². The number of nitrogens with one attached hydrogen (secondary N) is 5. The van der Waals surface area contributed by atoms with E-state index in [-0.39, 0.29) is 42.5 Å². The first-order valence-corrected chi connectivity index (χ1v) is 10.6. The van der Waals surface area contributed by atoms with Gasteiger partial charge in [-0.3, -0.25) is 20.3 Å². The van der Waals surface area contributed by atoms with E-state index in [0.717, 1.165) is 6.42 Å². The third-order valence-electron chi connectivity index (χ3n) is 6.18. The van der Waals surface area contributed by atoms with Crippen molar-refractivity contribution < 1.29 is 9.18 Å². The number of hydrogen-bond donors (Lipinski definition) is 6. The quantitative estimate of drug-likeness (QED) is 0.307. The van der Waals surface area contributed by atoms with E-state index in [0.29, 0.717) is 12.1 Å². The van der Waals surface area contributed by atoms with Crippen LogP contribution in [0.3, 0.4) is 0 Å². The molecule has 11 heteroatoms. The molecule has 9 unspecified atom stereocenters. The van der Waals surface area contributed by atoms with Crippen LogP contribution in [0.2, 0.25) is 0 Å². The van der Waals surface area contributed by atoms with Crippen LogP contribution >= 0.6 is 11.9 Å². The molecule has 27 heavy (non-hydrogen) atoms. The van der Waals surface area contributed by atoms with Crippen molar-refractivity contribution in [3.63, 3.8) is 0 Å². The largest absolute Gasteiger partial charge is 0.342 e. The molecule has 4 saturated heterocycles. The summed E-state index contributed by atoms with van der Waals surface area (Å²) in [5, 5.41) is 10.2. The van der Waals surface area contributed by atoms with Crippen molar-refractivity contribution in [2.24, 2.45) is 17.6 Å². The molecule has 7 N–H and O–H groups in total. The van der Waals surface area contributed by atoms with Crippen molar-refractivity contribution in [2.75, 3.05) is 20.1 Å². The lowest BCUT2D eigenvalue weighted by Gasteiger charge is -2.35. The maximum atomic E-state index is 13.6. The highest BCUT2D eigenvalue weighted by Crippen LogP contribution is 2.36. The standard InChI is InChI=1S/C16H31FN8OS/c1-7-4-10(24(3)21-7)11-8(2)23-27-16(11)20-15(26)12-13(18)22-25-6-9(17)5-19-14(12)25/h7-14,16,19,21-23H,4-6,18H2,1-3H3,(H,20,26). The van der Waals surface area contributed by atoms with Crippen LogP contribution in [0.1, 0.15) is 20.3 Å². The topological polar surface area (TPSA) is 110 Å². The highest BCUT2D eigenvalue weighted by atomic mass is 32.2. The first-order chi connectivity index (χ1) is 12.8. The third kappa shape index (κ3) is 3.71. The van der Waals surface area contributed by atoms with Gasteiger partial charge in [0, 0.05) is 44.2 Å². The summed E-state index contributed by atoms with van der Waals surface area (Å²) >= 11 is 1.58.